The van der Waals surface area contributed by atoms with E-state index in [2.05, 4.69) is 203 Å². The van der Waals surface area contributed by atoms with Gasteiger partial charge in [0.1, 0.15) is 28.8 Å². The van der Waals surface area contributed by atoms with Gasteiger partial charge in [-0.25, -0.2) is 24.9 Å². The molecule has 2 aliphatic rings. The summed E-state index contributed by atoms with van der Waals surface area (Å²) in [5.41, 5.74) is 14.5. The summed E-state index contributed by atoms with van der Waals surface area (Å²) in [5, 5.41) is 12.1. The predicted molar refractivity (Wildman–Crippen MR) is 332 cm³/mol. The van der Waals surface area contributed by atoms with E-state index in [0.29, 0.717) is 29.1 Å². The number of aliphatic imine (C=N–C) groups is 2. The van der Waals surface area contributed by atoms with Crippen LogP contribution in [0, 0.1) is 0 Å². The van der Waals surface area contributed by atoms with Crippen LogP contribution in [0.2, 0.25) is 0 Å². The molecular formula is C72H46N8O2. The van der Waals surface area contributed by atoms with Crippen LogP contribution in [-0.2, 0) is 0 Å². The lowest BCUT2D eigenvalue weighted by Crippen LogP contribution is -2.34. The average molecular weight is 1060 g/mol. The molecule has 17 rings (SSSR count). The first-order valence-electron chi connectivity index (χ1n) is 27.7. The largest absolute Gasteiger partial charge is 0.455 e. The number of rotatable bonds is 8. The Labute approximate surface area is 469 Å². The zero-order chi connectivity index (χ0) is 53.8. The van der Waals surface area contributed by atoms with Gasteiger partial charge in [0.2, 0.25) is 0 Å². The van der Waals surface area contributed by atoms with E-state index >= 15 is 0 Å². The molecule has 0 saturated heterocycles. The van der Waals surface area contributed by atoms with E-state index in [-0.39, 0.29) is 6.17 Å². The number of furan rings is 2. The molecule has 0 spiro atoms. The van der Waals surface area contributed by atoms with Crippen molar-refractivity contribution in [3.05, 3.63) is 259 Å². The third-order valence-electron chi connectivity index (χ3n) is 16.3. The van der Waals surface area contributed by atoms with Gasteiger partial charge >= 0.3 is 0 Å². The fourth-order valence-corrected chi connectivity index (χ4v) is 12.6. The molecule has 10 nitrogen and oxygen atoms in total. The van der Waals surface area contributed by atoms with Crippen LogP contribution >= 0.6 is 0 Å². The van der Waals surface area contributed by atoms with Crippen LogP contribution in [0.15, 0.2) is 267 Å². The van der Waals surface area contributed by atoms with Gasteiger partial charge in [0.05, 0.1) is 44.2 Å². The van der Waals surface area contributed by atoms with Gasteiger partial charge in [0.25, 0.3) is 0 Å². The van der Waals surface area contributed by atoms with Gasteiger partial charge in [0, 0.05) is 54.6 Å². The van der Waals surface area contributed by atoms with Crippen molar-refractivity contribution in [1.82, 2.24) is 29.4 Å². The van der Waals surface area contributed by atoms with E-state index in [1.807, 2.05) is 54.6 Å². The number of hydrogen-bond acceptors (Lipinski definition) is 8. The zero-order valence-corrected chi connectivity index (χ0v) is 44.0. The lowest BCUT2D eigenvalue weighted by molar-refractivity contribution is 0.666. The molecule has 82 heavy (non-hydrogen) atoms. The first-order valence-corrected chi connectivity index (χ1v) is 27.7. The topological polar surface area (TPSA) is 112 Å². The van der Waals surface area contributed by atoms with E-state index < -0.39 is 0 Å². The van der Waals surface area contributed by atoms with Crippen LogP contribution in [-0.4, -0.2) is 35.8 Å². The molecule has 5 aromatic heterocycles. The Morgan fingerprint density at radius 1 is 0.451 bits per heavy atom. The normalized spacial score (nSPS) is 14.6. The van der Waals surface area contributed by atoms with Crippen molar-refractivity contribution in [2.75, 3.05) is 0 Å². The molecule has 15 aromatic rings. The van der Waals surface area contributed by atoms with Crippen LogP contribution in [0.1, 0.15) is 30.1 Å². The summed E-state index contributed by atoms with van der Waals surface area (Å²) in [7, 11) is 0. The van der Waals surface area contributed by atoms with E-state index in [1.54, 1.807) is 0 Å². The number of benzene rings is 10. The highest BCUT2D eigenvalue weighted by Gasteiger charge is 2.31. The number of nitrogens with zero attached hydrogens (tertiary/aromatic N) is 7. The number of fused-ring (bicyclic) bond motifs is 15. The molecule has 0 amide bonds. The number of para-hydroxylation sites is 5. The van der Waals surface area contributed by atoms with Gasteiger partial charge < -0.3 is 23.3 Å². The van der Waals surface area contributed by atoms with Gasteiger partial charge in [-0.1, -0.05) is 194 Å². The minimum atomic E-state index is -0.384. The first kappa shape index (κ1) is 46.0. The molecule has 1 aliphatic heterocycles. The van der Waals surface area contributed by atoms with Crippen molar-refractivity contribution in [3.8, 4) is 45.5 Å². The van der Waals surface area contributed by atoms with Crippen molar-refractivity contribution in [3.63, 3.8) is 0 Å². The maximum atomic E-state index is 7.28. The lowest BCUT2D eigenvalue weighted by atomic mass is 10.0. The van der Waals surface area contributed by atoms with Crippen LogP contribution in [0.25, 0.3) is 133 Å². The van der Waals surface area contributed by atoms with Crippen molar-refractivity contribution < 1.29 is 8.83 Å². The molecular weight excluding hydrogens is 1010 g/mol. The predicted octanol–water partition coefficient (Wildman–Crippen LogP) is 17.6. The molecule has 386 valence electrons. The number of allylic oxidation sites excluding steroid dienone is 3. The molecule has 1 atom stereocenters. The maximum absolute atomic E-state index is 7.28. The highest BCUT2D eigenvalue weighted by Crippen LogP contribution is 2.51. The minimum Gasteiger partial charge on any atom is -0.455 e. The second-order valence-corrected chi connectivity index (χ2v) is 21.0. The highest BCUT2D eigenvalue weighted by atomic mass is 16.3. The van der Waals surface area contributed by atoms with E-state index in [0.717, 1.165) is 145 Å². The van der Waals surface area contributed by atoms with Crippen molar-refractivity contribution >= 4 is 99.2 Å². The Hall–Kier alpha value is -11.0. The second-order valence-electron chi connectivity index (χ2n) is 21.0. The van der Waals surface area contributed by atoms with Crippen LogP contribution in [0.5, 0.6) is 0 Å². The Balaban J connectivity index is 1.02. The van der Waals surface area contributed by atoms with Gasteiger partial charge in [-0.3, -0.25) is 0 Å². The third-order valence-corrected chi connectivity index (χ3v) is 16.3. The molecule has 1 unspecified atom stereocenters. The fourth-order valence-electron chi connectivity index (χ4n) is 12.6. The molecule has 0 fully saturated rings. The summed E-state index contributed by atoms with van der Waals surface area (Å²) in [4.78, 5) is 26.8. The van der Waals surface area contributed by atoms with Gasteiger partial charge in [-0.2, -0.15) is 0 Å². The standard InChI is InChI=1S/C72H46N8O2/c1-5-22-43(23-6-1)67-73-68(44-24-7-2-8-25-44)76-71(75-67)47-40-41-56(53(42-47)72-77-69(45-26-9-3-10-27-45)74-70(78-72)46-28-11-4-12-29-46)79-55-36-18-14-32-51(55)61-63(79)60-50-31-13-17-35-54(50)80(64(60)62-52-33-16-20-39-59(52)82-66(61)62)57-37-21-34-49-48-30-15-19-38-58(48)81-65(49)57/h1-7,9-24,26-42,67H,8,25H2,(H,73,75,76). The van der Waals surface area contributed by atoms with Crippen molar-refractivity contribution in [2.45, 2.75) is 19.0 Å². The van der Waals surface area contributed by atoms with Crippen LogP contribution in [0.4, 0.5) is 0 Å². The molecule has 0 bridgehead atoms. The van der Waals surface area contributed by atoms with E-state index in [9.17, 15) is 0 Å². The lowest BCUT2D eigenvalue weighted by Gasteiger charge is -2.25. The monoisotopic (exact) mass is 1050 g/mol. The molecule has 1 N–H and O–H groups in total. The molecule has 10 aromatic carbocycles. The summed E-state index contributed by atoms with van der Waals surface area (Å²) in [6, 6.07) is 77.9. The molecule has 10 heteroatoms. The molecule has 1 aliphatic carbocycles. The Kier molecular flexibility index (Phi) is 10.3. The second kappa shape index (κ2) is 18.3. The summed E-state index contributed by atoms with van der Waals surface area (Å²) in [5.74, 6) is 3.02. The Morgan fingerprint density at radius 2 is 1.01 bits per heavy atom. The van der Waals surface area contributed by atoms with E-state index in [4.69, 9.17) is 33.8 Å². The number of amidine groups is 2. The van der Waals surface area contributed by atoms with Crippen molar-refractivity contribution in [2.24, 2.45) is 9.98 Å². The average Bonchev–Trinajstić information content (AvgIpc) is 1.74. The summed E-state index contributed by atoms with van der Waals surface area (Å²) in [6.45, 7) is 0. The Morgan fingerprint density at radius 3 is 1.71 bits per heavy atom. The molecule has 0 radical (unpaired) electrons. The fraction of sp³-hybridized carbons (Fsp3) is 0.0417. The Bertz CT molecular complexity index is 5200. The minimum absolute atomic E-state index is 0.384. The van der Waals surface area contributed by atoms with Crippen LogP contribution < -0.4 is 5.32 Å². The quantitative estimate of drug-likeness (QED) is 0.162. The van der Waals surface area contributed by atoms with E-state index in [1.165, 1.54) is 0 Å². The van der Waals surface area contributed by atoms with Crippen LogP contribution in [0.3, 0.4) is 0 Å². The maximum Gasteiger partial charge on any atom is 0.166 e. The first-order chi connectivity index (χ1) is 40.7. The SMILES string of the molecule is C1=CCCC(C2=NC(c3ccccc3)NC(c3ccc(-n4c5ccccc5c5c6oc7ccccc7c6c6c(c7ccccc7n6-c6cccc7c6oc6ccccc67)c54)c(-c4nc(-c5ccccc5)nc(-c5ccccc5)n4)c3)=N2)=C1. The summed E-state index contributed by atoms with van der Waals surface area (Å²) < 4.78 is 19.0. The zero-order valence-electron chi connectivity index (χ0n) is 44.0. The number of aromatic nitrogens is 5. The van der Waals surface area contributed by atoms with Gasteiger partial charge in [-0.05, 0) is 72.5 Å². The summed E-state index contributed by atoms with van der Waals surface area (Å²) >= 11 is 0. The smallest absolute Gasteiger partial charge is 0.166 e. The molecule has 6 heterocycles. The highest BCUT2D eigenvalue weighted by molar-refractivity contribution is 6.39. The number of nitrogens with one attached hydrogen (secondary N) is 1. The number of hydrogen-bond donors (Lipinski definition) is 1. The molecule has 0 saturated carbocycles. The summed E-state index contributed by atoms with van der Waals surface area (Å²) in [6.07, 6.45) is 7.82. The van der Waals surface area contributed by atoms with Gasteiger partial charge in [0.15, 0.2) is 28.9 Å². The van der Waals surface area contributed by atoms with Gasteiger partial charge in [-0.15, -0.1) is 0 Å². The van der Waals surface area contributed by atoms with Crippen molar-refractivity contribution in [1.29, 1.82) is 0 Å². The third kappa shape index (κ3) is 7.11.